The number of benzene rings is 1. The summed E-state index contributed by atoms with van der Waals surface area (Å²) in [6, 6.07) is 3.81. The summed E-state index contributed by atoms with van der Waals surface area (Å²) in [6.45, 7) is 1.42. The average molecular weight is 525 g/mol. The first kappa shape index (κ1) is 26.5. The van der Waals surface area contributed by atoms with Gasteiger partial charge in [-0.1, -0.05) is 6.07 Å². The molecule has 0 saturated carbocycles. The van der Waals surface area contributed by atoms with Crippen molar-refractivity contribution in [2.45, 2.75) is 25.1 Å². The van der Waals surface area contributed by atoms with Crippen LogP contribution in [0.3, 0.4) is 0 Å². The Morgan fingerprint density at radius 2 is 2.11 bits per heavy atom. The van der Waals surface area contributed by atoms with Gasteiger partial charge in [-0.3, -0.25) is 4.90 Å². The van der Waals surface area contributed by atoms with Crippen molar-refractivity contribution in [2.75, 3.05) is 57.6 Å². The molecule has 14 heteroatoms. The summed E-state index contributed by atoms with van der Waals surface area (Å²) in [5, 5.41) is 13.2. The van der Waals surface area contributed by atoms with Gasteiger partial charge in [-0.05, 0) is 24.1 Å². The summed E-state index contributed by atoms with van der Waals surface area (Å²) in [5.41, 5.74) is 8.14. The maximum Gasteiger partial charge on any atom is 0.255 e. The van der Waals surface area contributed by atoms with Gasteiger partial charge in [0.2, 0.25) is 11.8 Å². The summed E-state index contributed by atoms with van der Waals surface area (Å²) in [7, 11) is 2.97. The number of nitrogens with one attached hydrogen (secondary N) is 3. The fourth-order valence-corrected chi connectivity index (χ4v) is 4.34. The van der Waals surface area contributed by atoms with Crippen LogP contribution in [0.5, 0.6) is 5.88 Å². The van der Waals surface area contributed by atoms with Gasteiger partial charge in [0.25, 0.3) is 6.43 Å². The Morgan fingerprint density at radius 3 is 2.78 bits per heavy atom. The van der Waals surface area contributed by atoms with E-state index in [1.165, 1.54) is 29.8 Å². The van der Waals surface area contributed by atoms with Crippen molar-refractivity contribution in [1.29, 1.82) is 5.53 Å². The highest BCUT2D eigenvalue weighted by atomic mass is 19.3. The average Bonchev–Trinajstić information content (AvgIpc) is 3.22. The lowest BCUT2D eigenvalue weighted by molar-refractivity contribution is 0.0918. The Morgan fingerprint density at radius 1 is 1.30 bits per heavy atom. The van der Waals surface area contributed by atoms with E-state index >= 15 is 4.39 Å². The largest absolute Gasteiger partial charge is 0.479 e. The summed E-state index contributed by atoms with van der Waals surface area (Å²) >= 11 is 0. The minimum absolute atomic E-state index is 0.0423. The van der Waals surface area contributed by atoms with Crippen molar-refractivity contribution in [1.82, 2.24) is 19.5 Å². The van der Waals surface area contributed by atoms with E-state index in [-0.39, 0.29) is 40.8 Å². The molecule has 0 spiro atoms. The van der Waals surface area contributed by atoms with E-state index in [4.69, 9.17) is 15.0 Å². The molecule has 10 nitrogen and oxygen atoms in total. The molecule has 0 radical (unpaired) electrons. The van der Waals surface area contributed by atoms with Gasteiger partial charge in [-0.2, -0.15) is 10.1 Å². The van der Waals surface area contributed by atoms with Gasteiger partial charge in [0.15, 0.2) is 5.82 Å². The monoisotopic (exact) mass is 524 g/mol. The number of aromatic nitrogens is 3. The number of nitrogens with zero attached hydrogens (tertiary/aromatic N) is 5. The van der Waals surface area contributed by atoms with Crippen molar-refractivity contribution < 1.29 is 27.0 Å². The Hall–Kier alpha value is -3.52. The van der Waals surface area contributed by atoms with Crippen LogP contribution >= 0.6 is 0 Å². The fraction of sp³-hybridized carbons (Fsp3) is 0.478. The molecule has 0 bridgehead atoms. The first-order valence-corrected chi connectivity index (χ1v) is 11.6. The highest BCUT2D eigenvalue weighted by Crippen LogP contribution is 2.38. The fourth-order valence-electron chi connectivity index (χ4n) is 4.34. The molecule has 2 aromatic heterocycles. The number of hydrogen-bond acceptors (Lipinski definition) is 9. The van der Waals surface area contributed by atoms with E-state index in [1.807, 2.05) is 4.90 Å². The normalized spacial score (nSPS) is 18.4. The van der Waals surface area contributed by atoms with Crippen LogP contribution < -0.4 is 15.4 Å². The molecule has 3 N–H and O–H groups in total. The van der Waals surface area contributed by atoms with E-state index in [9.17, 15) is 13.2 Å². The number of rotatable bonds is 11. The van der Waals surface area contributed by atoms with Crippen LogP contribution in [0.2, 0.25) is 0 Å². The topological polar surface area (TPSA) is 112 Å². The minimum atomic E-state index is -2.63. The van der Waals surface area contributed by atoms with E-state index in [1.54, 1.807) is 7.11 Å². The molecule has 3 heterocycles. The third-order valence-corrected chi connectivity index (χ3v) is 6.15. The number of halogens is 4. The Bertz CT molecular complexity index is 1240. The molecule has 3 aromatic rings. The van der Waals surface area contributed by atoms with E-state index in [0.29, 0.717) is 31.7 Å². The zero-order chi connectivity index (χ0) is 26.5. The van der Waals surface area contributed by atoms with Gasteiger partial charge >= 0.3 is 0 Å². The van der Waals surface area contributed by atoms with Gasteiger partial charge < -0.3 is 20.1 Å². The van der Waals surface area contributed by atoms with Crippen molar-refractivity contribution in [3.63, 3.8) is 0 Å². The van der Waals surface area contributed by atoms with E-state index in [2.05, 4.69) is 25.8 Å². The lowest BCUT2D eigenvalue weighted by Crippen LogP contribution is -2.48. The number of anilines is 2. The smallest absolute Gasteiger partial charge is 0.255 e. The summed E-state index contributed by atoms with van der Waals surface area (Å²) in [4.78, 5) is 6.32. The third-order valence-electron chi connectivity index (χ3n) is 6.15. The number of likely N-dealkylation sites (tertiary alicyclic amines) is 1. The predicted molar refractivity (Wildman–Crippen MR) is 129 cm³/mol. The SMILES string of the molecule is COCCN1CC[C@H](Nc2nc(OC)c3c(-c4ccc(N=N)c(NCC(F)F)c4)c(F)cn3n2)[C@H](F)C1. The number of methoxy groups -OCH3 is 2. The highest BCUT2D eigenvalue weighted by Gasteiger charge is 2.30. The number of alkyl halides is 3. The first-order valence-electron chi connectivity index (χ1n) is 11.6. The Labute approximate surface area is 210 Å². The number of piperidine rings is 1. The zero-order valence-corrected chi connectivity index (χ0v) is 20.3. The molecule has 0 amide bonds. The molecule has 37 heavy (non-hydrogen) atoms. The second kappa shape index (κ2) is 11.7. The molecule has 200 valence electrons. The van der Waals surface area contributed by atoms with Crippen LogP contribution in [-0.4, -0.2) is 85.1 Å². The van der Waals surface area contributed by atoms with Crippen LogP contribution in [0.15, 0.2) is 29.5 Å². The van der Waals surface area contributed by atoms with Crippen LogP contribution in [0.1, 0.15) is 6.42 Å². The Kier molecular flexibility index (Phi) is 8.38. The number of hydrogen-bond donors (Lipinski definition) is 3. The quantitative estimate of drug-likeness (QED) is 0.253. The van der Waals surface area contributed by atoms with E-state index in [0.717, 1.165) is 6.20 Å². The van der Waals surface area contributed by atoms with Crippen molar-refractivity contribution in [3.05, 3.63) is 30.2 Å². The van der Waals surface area contributed by atoms with Crippen LogP contribution in [-0.2, 0) is 4.74 Å². The predicted octanol–water partition coefficient (Wildman–Crippen LogP) is 4.35. The van der Waals surface area contributed by atoms with Crippen molar-refractivity contribution in [3.8, 4) is 17.0 Å². The van der Waals surface area contributed by atoms with Gasteiger partial charge in [-0.15, -0.1) is 5.10 Å². The zero-order valence-electron chi connectivity index (χ0n) is 20.3. The molecule has 4 rings (SSSR count). The minimum Gasteiger partial charge on any atom is -0.479 e. The molecule has 0 unspecified atom stereocenters. The summed E-state index contributed by atoms with van der Waals surface area (Å²) in [6.07, 6.45) is -2.15. The lowest BCUT2D eigenvalue weighted by atomic mass is 10.0. The summed E-state index contributed by atoms with van der Waals surface area (Å²) < 4.78 is 67.2. The first-order chi connectivity index (χ1) is 17.8. The number of fused-ring (bicyclic) bond motifs is 1. The van der Waals surface area contributed by atoms with Crippen LogP contribution in [0.4, 0.5) is 34.9 Å². The molecule has 0 aliphatic carbocycles. The summed E-state index contributed by atoms with van der Waals surface area (Å²) in [5.74, 6) is -0.540. The standard InChI is InChI=1S/C23H28F4N8O2/c1-36-8-7-34-6-5-16(14(24)11-34)30-23-31-22(37-2)21-20(15(25)12-35(21)33-23)13-3-4-17(32-28)18(9-13)29-10-19(26)27/h3-4,9,12,14,16,19,28-29H,5-8,10-11H2,1-2H3,(H,30,33)/t14-,16+/m1/s1. The van der Waals surface area contributed by atoms with E-state index < -0.39 is 31.0 Å². The van der Waals surface area contributed by atoms with Crippen LogP contribution in [0.25, 0.3) is 16.6 Å². The maximum atomic E-state index is 15.2. The second-order valence-electron chi connectivity index (χ2n) is 8.55. The van der Waals surface area contributed by atoms with Gasteiger partial charge in [0, 0.05) is 26.7 Å². The molecule has 1 saturated heterocycles. The Balaban J connectivity index is 1.63. The highest BCUT2D eigenvalue weighted by molar-refractivity contribution is 5.88. The van der Waals surface area contributed by atoms with Gasteiger partial charge in [0.1, 0.15) is 17.4 Å². The molecular formula is C23H28F4N8O2. The van der Waals surface area contributed by atoms with Gasteiger partial charge in [-0.25, -0.2) is 27.6 Å². The second-order valence-corrected chi connectivity index (χ2v) is 8.55. The molecule has 1 fully saturated rings. The molecule has 2 atom stereocenters. The molecular weight excluding hydrogens is 496 g/mol. The van der Waals surface area contributed by atoms with Crippen molar-refractivity contribution in [2.24, 2.45) is 5.11 Å². The number of ether oxygens (including phenoxy) is 2. The molecule has 1 aliphatic heterocycles. The van der Waals surface area contributed by atoms with Crippen LogP contribution in [0, 0.1) is 11.3 Å². The lowest BCUT2D eigenvalue weighted by Gasteiger charge is -2.34. The third kappa shape index (κ3) is 5.91. The molecule has 1 aliphatic rings. The maximum absolute atomic E-state index is 15.2. The molecule has 1 aromatic carbocycles. The van der Waals surface area contributed by atoms with Gasteiger partial charge in [0.05, 0.1) is 43.8 Å². The van der Waals surface area contributed by atoms with Crippen molar-refractivity contribution >= 4 is 22.8 Å².